The second-order valence-corrected chi connectivity index (χ2v) is 8.68. The van der Waals surface area contributed by atoms with E-state index < -0.39 is 0 Å². The first-order valence-electron chi connectivity index (χ1n) is 11.3. The molecule has 0 aromatic heterocycles. The van der Waals surface area contributed by atoms with Crippen molar-refractivity contribution in [2.24, 2.45) is 4.99 Å². The summed E-state index contributed by atoms with van der Waals surface area (Å²) in [6.45, 7) is 12.0. The fraction of sp³-hybridized carbons (Fsp3) is 0.696. The smallest absolute Gasteiger partial charge is 0.191 e. The van der Waals surface area contributed by atoms with Gasteiger partial charge in [-0.15, -0.1) is 24.0 Å². The van der Waals surface area contributed by atoms with E-state index in [0.29, 0.717) is 0 Å². The molecular formula is C23H42IN5S. The van der Waals surface area contributed by atoms with Crippen molar-refractivity contribution in [3.05, 3.63) is 35.9 Å². The number of piperazine rings is 1. The Morgan fingerprint density at radius 3 is 2.40 bits per heavy atom. The summed E-state index contributed by atoms with van der Waals surface area (Å²) in [5, 5.41) is 6.81. The number of benzene rings is 1. The number of guanidine groups is 1. The molecule has 5 nitrogen and oxygen atoms in total. The van der Waals surface area contributed by atoms with Crippen LogP contribution in [0.4, 0.5) is 0 Å². The quantitative estimate of drug-likeness (QED) is 0.170. The van der Waals surface area contributed by atoms with Gasteiger partial charge in [-0.25, -0.2) is 0 Å². The Morgan fingerprint density at radius 1 is 0.967 bits per heavy atom. The maximum absolute atomic E-state index is 4.74. The molecule has 1 saturated heterocycles. The lowest BCUT2D eigenvalue weighted by Crippen LogP contribution is -2.46. The van der Waals surface area contributed by atoms with Crippen LogP contribution in [0.5, 0.6) is 0 Å². The second kappa shape index (κ2) is 18.1. The Kier molecular flexibility index (Phi) is 16.6. The van der Waals surface area contributed by atoms with Gasteiger partial charge in [-0.2, -0.15) is 11.8 Å². The summed E-state index contributed by atoms with van der Waals surface area (Å²) in [6, 6.07) is 10.8. The zero-order chi connectivity index (χ0) is 20.6. The molecule has 0 unspecified atom stereocenters. The summed E-state index contributed by atoms with van der Waals surface area (Å²) < 4.78 is 0. The summed E-state index contributed by atoms with van der Waals surface area (Å²) in [4.78, 5) is 9.92. The lowest BCUT2D eigenvalue weighted by molar-refractivity contribution is 0.126. The zero-order valence-corrected chi connectivity index (χ0v) is 22.1. The van der Waals surface area contributed by atoms with Gasteiger partial charge in [0.2, 0.25) is 0 Å². The molecule has 2 N–H and O–H groups in total. The molecular weight excluding hydrogens is 505 g/mol. The minimum absolute atomic E-state index is 0. The van der Waals surface area contributed by atoms with Gasteiger partial charge in [0.15, 0.2) is 5.96 Å². The monoisotopic (exact) mass is 547 g/mol. The molecule has 0 saturated carbocycles. The molecule has 0 atom stereocenters. The maximum Gasteiger partial charge on any atom is 0.191 e. The van der Waals surface area contributed by atoms with E-state index in [1.165, 1.54) is 63.3 Å². The number of hydrogen-bond donors (Lipinski definition) is 2. The molecule has 1 aliphatic rings. The Morgan fingerprint density at radius 2 is 1.70 bits per heavy atom. The SMILES string of the molecule is CCNC(=NCCCCN1CCN(Cc2ccccc2)CC1)NCCCCSC.I. The van der Waals surface area contributed by atoms with Crippen LogP contribution in [0.2, 0.25) is 0 Å². The first-order valence-corrected chi connectivity index (χ1v) is 12.7. The van der Waals surface area contributed by atoms with Crippen molar-refractivity contribution >= 4 is 41.7 Å². The third-order valence-corrected chi connectivity index (χ3v) is 5.98. The minimum Gasteiger partial charge on any atom is -0.357 e. The molecule has 0 radical (unpaired) electrons. The van der Waals surface area contributed by atoms with Gasteiger partial charge in [0.1, 0.15) is 0 Å². The van der Waals surface area contributed by atoms with E-state index in [4.69, 9.17) is 4.99 Å². The van der Waals surface area contributed by atoms with E-state index >= 15 is 0 Å². The van der Waals surface area contributed by atoms with Crippen LogP contribution in [-0.2, 0) is 6.54 Å². The molecule has 1 fully saturated rings. The molecule has 0 bridgehead atoms. The molecule has 1 aliphatic heterocycles. The van der Waals surface area contributed by atoms with Gasteiger partial charge < -0.3 is 15.5 Å². The highest BCUT2D eigenvalue weighted by atomic mass is 127. The number of nitrogens with zero attached hydrogens (tertiary/aromatic N) is 3. The van der Waals surface area contributed by atoms with Crippen LogP contribution < -0.4 is 10.6 Å². The van der Waals surface area contributed by atoms with Crippen molar-refractivity contribution in [1.29, 1.82) is 0 Å². The number of aliphatic imine (C=N–C) groups is 1. The first kappa shape index (κ1) is 27.5. The number of hydrogen-bond acceptors (Lipinski definition) is 4. The number of unbranched alkanes of at least 4 members (excludes halogenated alkanes) is 2. The summed E-state index contributed by atoms with van der Waals surface area (Å²) in [5.74, 6) is 2.22. The largest absolute Gasteiger partial charge is 0.357 e. The van der Waals surface area contributed by atoms with Crippen LogP contribution in [0.25, 0.3) is 0 Å². The number of thioether (sulfide) groups is 1. The highest BCUT2D eigenvalue weighted by Crippen LogP contribution is 2.09. The van der Waals surface area contributed by atoms with E-state index in [1.54, 1.807) is 0 Å². The van der Waals surface area contributed by atoms with Crippen molar-refractivity contribution in [3.8, 4) is 0 Å². The van der Waals surface area contributed by atoms with Crippen LogP contribution >= 0.6 is 35.7 Å². The van der Waals surface area contributed by atoms with E-state index in [1.807, 2.05) is 11.8 Å². The predicted molar refractivity (Wildman–Crippen MR) is 144 cm³/mol. The van der Waals surface area contributed by atoms with Crippen molar-refractivity contribution in [1.82, 2.24) is 20.4 Å². The van der Waals surface area contributed by atoms with Gasteiger partial charge in [-0.05, 0) is 56.7 Å². The normalized spacial score (nSPS) is 15.6. The molecule has 0 aliphatic carbocycles. The molecule has 30 heavy (non-hydrogen) atoms. The zero-order valence-electron chi connectivity index (χ0n) is 18.9. The highest BCUT2D eigenvalue weighted by Gasteiger charge is 2.16. The van der Waals surface area contributed by atoms with E-state index in [9.17, 15) is 0 Å². The Hall–Kier alpha value is -0.510. The highest BCUT2D eigenvalue weighted by molar-refractivity contribution is 14.0. The Balaban J connectivity index is 0.00000450. The topological polar surface area (TPSA) is 42.9 Å². The second-order valence-electron chi connectivity index (χ2n) is 7.70. The van der Waals surface area contributed by atoms with Crippen molar-refractivity contribution in [2.75, 3.05) is 64.4 Å². The van der Waals surface area contributed by atoms with Gasteiger partial charge in [-0.3, -0.25) is 9.89 Å². The molecule has 1 aromatic rings. The first-order chi connectivity index (χ1) is 14.3. The van der Waals surface area contributed by atoms with Crippen LogP contribution in [0.1, 0.15) is 38.2 Å². The molecule has 7 heteroatoms. The Bertz CT molecular complexity index is 550. The van der Waals surface area contributed by atoms with Gasteiger partial charge >= 0.3 is 0 Å². The molecule has 172 valence electrons. The standard InChI is InChI=1S/C23H41N5S.HI/c1-3-24-23(26-14-8-10-20-29-2)25-13-7-9-15-27-16-18-28(19-17-27)21-22-11-5-4-6-12-22;/h4-6,11-12H,3,7-10,13-21H2,1-2H3,(H2,24,25,26);1H. The Labute approximate surface area is 205 Å². The molecule has 0 spiro atoms. The van der Waals surface area contributed by atoms with Crippen molar-refractivity contribution < 1.29 is 0 Å². The van der Waals surface area contributed by atoms with Crippen LogP contribution in [-0.4, -0.2) is 80.1 Å². The summed E-state index contributed by atoms with van der Waals surface area (Å²) in [7, 11) is 0. The molecule has 1 heterocycles. The number of rotatable bonds is 13. The minimum atomic E-state index is 0. The number of halogens is 1. The summed E-state index contributed by atoms with van der Waals surface area (Å²) in [6.07, 6.45) is 7.04. The fourth-order valence-electron chi connectivity index (χ4n) is 3.57. The predicted octanol–water partition coefficient (Wildman–Crippen LogP) is 3.90. The van der Waals surface area contributed by atoms with Crippen LogP contribution in [0.15, 0.2) is 35.3 Å². The van der Waals surface area contributed by atoms with E-state index in [-0.39, 0.29) is 24.0 Å². The third kappa shape index (κ3) is 12.4. The van der Waals surface area contributed by atoms with Crippen molar-refractivity contribution in [2.45, 2.75) is 39.2 Å². The molecule has 0 amide bonds. The van der Waals surface area contributed by atoms with Crippen LogP contribution in [0, 0.1) is 0 Å². The van der Waals surface area contributed by atoms with E-state index in [0.717, 1.165) is 38.6 Å². The van der Waals surface area contributed by atoms with Gasteiger partial charge in [0, 0.05) is 52.4 Å². The average Bonchev–Trinajstić information content (AvgIpc) is 2.75. The fourth-order valence-corrected chi connectivity index (χ4v) is 4.06. The number of nitrogens with one attached hydrogen (secondary N) is 2. The van der Waals surface area contributed by atoms with Crippen molar-refractivity contribution in [3.63, 3.8) is 0 Å². The van der Waals surface area contributed by atoms with Gasteiger partial charge in [0.25, 0.3) is 0 Å². The maximum atomic E-state index is 4.74. The summed E-state index contributed by atoms with van der Waals surface area (Å²) >= 11 is 1.92. The van der Waals surface area contributed by atoms with E-state index in [2.05, 4.69) is 63.9 Å². The lowest BCUT2D eigenvalue weighted by Gasteiger charge is -2.34. The molecule has 1 aromatic carbocycles. The summed E-state index contributed by atoms with van der Waals surface area (Å²) in [5.41, 5.74) is 1.42. The van der Waals surface area contributed by atoms with Gasteiger partial charge in [0.05, 0.1) is 0 Å². The lowest BCUT2D eigenvalue weighted by atomic mass is 10.2. The van der Waals surface area contributed by atoms with Gasteiger partial charge in [-0.1, -0.05) is 30.3 Å². The molecule has 2 rings (SSSR count). The average molecular weight is 548 g/mol. The third-order valence-electron chi connectivity index (χ3n) is 5.28. The van der Waals surface area contributed by atoms with Crippen LogP contribution in [0.3, 0.4) is 0 Å².